The summed E-state index contributed by atoms with van der Waals surface area (Å²) in [4.78, 5) is 10.1. The number of carboxylic acid groups (broad SMARTS) is 1. The van der Waals surface area contributed by atoms with E-state index in [4.69, 9.17) is 21.3 Å². The average molecular weight is 304 g/mol. The van der Waals surface area contributed by atoms with Gasteiger partial charge in [0.25, 0.3) is 0 Å². The molecule has 0 spiro atoms. The minimum atomic E-state index is -0.913. The maximum Gasteiger partial charge on any atom is 0.320 e. The number of nitrogens with two attached hydrogens (primary N) is 2. The quantitative estimate of drug-likeness (QED) is 0.754. The molecule has 0 radical (unpaired) electrons. The van der Waals surface area contributed by atoms with E-state index in [1.807, 2.05) is 50.2 Å². The Labute approximate surface area is 130 Å². The van der Waals surface area contributed by atoms with E-state index in [2.05, 4.69) is 0 Å². The summed E-state index contributed by atoms with van der Waals surface area (Å²) in [6, 6.07) is 11.1. The van der Waals surface area contributed by atoms with Gasteiger partial charge in [-0.1, -0.05) is 38.1 Å². The smallest absolute Gasteiger partial charge is 0.320 e. The van der Waals surface area contributed by atoms with Crippen molar-refractivity contribution in [2.75, 3.05) is 12.8 Å². The van der Waals surface area contributed by atoms with Crippen molar-refractivity contribution in [1.82, 2.24) is 0 Å². The Morgan fingerprint density at radius 3 is 2.41 bits per heavy atom. The van der Waals surface area contributed by atoms with Gasteiger partial charge in [-0.25, -0.2) is 0 Å². The zero-order valence-electron chi connectivity index (χ0n) is 13.2. The topological polar surface area (TPSA) is 98.6 Å². The molecule has 0 aliphatic heterocycles. The molecular weight excluding hydrogens is 280 g/mol. The minimum Gasteiger partial charge on any atom is -0.496 e. The summed E-state index contributed by atoms with van der Waals surface area (Å²) in [5.74, 6) is 0.274. The molecule has 2 aromatic carbocycles. The van der Waals surface area contributed by atoms with Crippen LogP contribution in [-0.4, -0.2) is 24.2 Å². The monoisotopic (exact) mass is 304 g/mol. The van der Waals surface area contributed by atoms with Crippen molar-refractivity contribution in [3.63, 3.8) is 0 Å². The molecule has 120 valence electrons. The zero-order valence-corrected chi connectivity index (χ0v) is 13.2. The molecule has 0 fully saturated rings. The van der Waals surface area contributed by atoms with Crippen LogP contribution >= 0.6 is 0 Å². The summed E-state index contributed by atoms with van der Waals surface area (Å²) in [7, 11) is 1.65. The summed E-state index contributed by atoms with van der Waals surface area (Å²) in [5.41, 5.74) is 11.7. The lowest BCUT2D eigenvalue weighted by atomic mass is 10.1. The Bertz CT molecular complexity index is 626. The number of hydrogen-bond acceptors (Lipinski definition) is 4. The first-order chi connectivity index (χ1) is 10.3. The van der Waals surface area contributed by atoms with Gasteiger partial charge >= 0.3 is 5.97 Å². The first-order valence-corrected chi connectivity index (χ1v) is 7.15. The van der Waals surface area contributed by atoms with Crippen LogP contribution in [0.4, 0.5) is 5.69 Å². The van der Waals surface area contributed by atoms with Crippen LogP contribution in [0.2, 0.25) is 0 Å². The summed E-state index contributed by atoms with van der Waals surface area (Å²) in [6.45, 7) is 3.89. The van der Waals surface area contributed by atoms with Crippen LogP contribution in [0, 0.1) is 5.92 Å². The Morgan fingerprint density at radius 2 is 1.91 bits per heavy atom. The number of fused-ring (bicyclic) bond motifs is 1. The lowest BCUT2D eigenvalue weighted by Gasteiger charge is -2.07. The van der Waals surface area contributed by atoms with Gasteiger partial charge in [-0.15, -0.1) is 0 Å². The number of nitrogen functional groups attached to an aromatic ring is 1. The third-order valence-electron chi connectivity index (χ3n) is 3.11. The van der Waals surface area contributed by atoms with E-state index in [0.717, 1.165) is 22.2 Å². The highest BCUT2D eigenvalue weighted by atomic mass is 16.5. The van der Waals surface area contributed by atoms with Crippen LogP contribution in [0.15, 0.2) is 36.4 Å². The van der Waals surface area contributed by atoms with Crippen LogP contribution in [0.25, 0.3) is 10.8 Å². The first kappa shape index (κ1) is 17.8. The van der Waals surface area contributed by atoms with Crippen LogP contribution in [0.1, 0.15) is 20.3 Å². The fourth-order valence-corrected chi connectivity index (χ4v) is 2.08. The Hall–Kier alpha value is -2.27. The fraction of sp³-hybridized carbons (Fsp3) is 0.353. The summed E-state index contributed by atoms with van der Waals surface area (Å²) >= 11 is 0. The van der Waals surface area contributed by atoms with E-state index in [9.17, 15) is 4.79 Å². The number of rotatable bonds is 4. The van der Waals surface area contributed by atoms with Gasteiger partial charge in [0.2, 0.25) is 0 Å². The fourth-order valence-electron chi connectivity index (χ4n) is 2.08. The molecule has 5 heteroatoms. The third kappa shape index (κ3) is 5.26. The van der Waals surface area contributed by atoms with Crippen molar-refractivity contribution >= 4 is 22.4 Å². The molecule has 0 heterocycles. The third-order valence-corrected chi connectivity index (χ3v) is 3.11. The van der Waals surface area contributed by atoms with Crippen molar-refractivity contribution in [2.24, 2.45) is 11.7 Å². The molecule has 0 aliphatic carbocycles. The van der Waals surface area contributed by atoms with E-state index in [-0.39, 0.29) is 0 Å². The van der Waals surface area contributed by atoms with Gasteiger partial charge < -0.3 is 21.3 Å². The van der Waals surface area contributed by atoms with E-state index in [1.54, 1.807) is 7.11 Å². The molecule has 2 rings (SSSR count). The van der Waals surface area contributed by atoms with Gasteiger partial charge in [-0.05, 0) is 23.8 Å². The number of anilines is 1. The summed E-state index contributed by atoms with van der Waals surface area (Å²) in [5, 5.41) is 10.5. The van der Waals surface area contributed by atoms with E-state index in [0.29, 0.717) is 12.3 Å². The molecule has 0 saturated heterocycles. The van der Waals surface area contributed by atoms with Crippen molar-refractivity contribution in [3.05, 3.63) is 36.4 Å². The van der Waals surface area contributed by atoms with Gasteiger partial charge in [0.1, 0.15) is 11.8 Å². The van der Waals surface area contributed by atoms with Crippen LogP contribution < -0.4 is 16.2 Å². The molecule has 0 bridgehead atoms. The molecule has 22 heavy (non-hydrogen) atoms. The maximum absolute atomic E-state index is 10.1. The van der Waals surface area contributed by atoms with Gasteiger partial charge in [0, 0.05) is 17.1 Å². The highest BCUT2D eigenvalue weighted by Gasteiger charge is 2.11. The van der Waals surface area contributed by atoms with Crippen molar-refractivity contribution in [1.29, 1.82) is 0 Å². The van der Waals surface area contributed by atoms with Crippen LogP contribution in [0.3, 0.4) is 0 Å². The predicted octanol–water partition coefficient (Wildman–Crippen LogP) is 2.88. The van der Waals surface area contributed by atoms with Crippen molar-refractivity contribution in [3.8, 4) is 5.75 Å². The van der Waals surface area contributed by atoms with Gasteiger partial charge in [0.05, 0.1) is 7.11 Å². The molecule has 0 amide bonds. The van der Waals surface area contributed by atoms with E-state index < -0.39 is 12.0 Å². The largest absolute Gasteiger partial charge is 0.496 e. The Kier molecular flexibility index (Phi) is 6.66. The van der Waals surface area contributed by atoms with Gasteiger partial charge in [-0.3, -0.25) is 4.79 Å². The number of methoxy groups -OCH3 is 1. The summed E-state index contributed by atoms with van der Waals surface area (Å²) < 4.78 is 5.23. The second-order valence-electron chi connectivity index (χ2n) is 5.52. The highest BCUT2D eigenvalue weighted by molar-refractivity contribution is 5.91. The average Bonchev–Trinajstić information content (AvgIpc) is 2.46. The second kappa shape index (κ2) is 8.24. The SMILES string of the molecule is CC(C)CC(N)C(=O)O.COc1cc(N)cc2ccccc12. The Balaban J connectivity index is 0.000000239. The first-order valence-electron chi connectivity index (χ1n) is 7.15. The predicted molar refractivity (Wildman–Crippen MR) is 90.0 cm³/mol. The number of carboxylic acids is 1. The normalized spacial score (nSPS) is 11.7. The van der Waals surface area contributed by atoms with Crippen molar-refractivity contribution < 1.29 is 14.6 Å². The number of carbonyl (C=O) groups is 1. The summed E-state index contributed by atoms with van der Waals surface area (Å²) in [6.07, 6.45) is 0.551. The van der Waals surface area contributed by atoms with Crippen LogP contribution in [0.5, 0.6) is 5.75 Å². The molecule has 5 N–H and O–H groups in total. The number of ether oxygens (including phenoxy) is 1. The number of benzene rings is 2. The molecule has 0 saturated carbocycles. The molecule has 5 nitrogen and oxygen atoms in total. The minimum absolute atomic E-state index is 0.357. The number of hydrogen-bond donors (Lipinski definition) is 3. The van der Waals surface area contributed by atoms with Crippen molar-refractivity contribution in [2.45, 2.75) is 26.3 Å². The second-order valence-corrected chi connectivity index (χ2v) is 5.52. The number of aliphatic carboxylic acids is 1. The molecule has 0 aliphatic rings. The molecule has 0 aromatic heterocycles. The zero-order chi connectivity index (χ0) is 16.7. The van der Waals surface area contributed by atoms with E-state index >= 15 is 0 Å². The Morgan fingerprint density at radius 1 is 1.27 bits per heavy atom. The molecular formula is C17H24N2O3. The molecule has 1 atom stereocenters. The molecule has 1 unspecified atom stereocenters. The van der Waals surface area contributed by atoms with Gasteiger partial charge in [0.15, 0.2) is 0 Å². The van der Waals surface area contributed by atoms with Gasteiger partial charge in [-0.2, -0.15) is 0 Å². The van der Waals surface area contributed by atoms with Crippen LogP contribution in [-0.2, 0) is 4.79 Å². The lowest BCUT2D eigenvalue weighted by Crippen LogP contribution is -2.31. The standard InChI is InChI=1S/C11H11NO.C6H13NO2/c1-13-11-7-9(12)6-8-4-2-3-5-10(8)11;1-4(2)3-5(7)6(8)9/h2-7H,12H2,1H3;4-5H,3,7H2,1-2H3,(H,8,9). The van der Waals surface area contributed by atoms with E-state index in [1.165, 1.54) is 0 Å². The lowest BCUT2D eigenvalue weighted by molar-refractivity contribution is -0.138. The maximum atomic E-state index is 10.1. The molecule has 2 aromatic rings. The highest BCUT2D eigenvalue weighted by Crippen LogP contribution is 2.27.